The minimum absolute atomic E-state index is 0.245. The van der Waals surface area contributed by atoms with E-state index in [1.807, 2.05) is 0 Å². The fourth-order valence-electron chi connectivity index (χ4n) is 1.33. The predicted molar refractivity (Wildman–Crippen MR) is 37.6 cm³/mol. The third-order valence-corrected chi connectivity index (χ3v) is 2.22. The van der Waals surface area contributed by atoms with Gasteiger partial charge in [-0.3, -0.25) is 4.90 Å². The highest BCUT2D eigenvalue weighted by molar-refractivity contribution is 4.88. The number of hydrogen-bond donors (Lipinski definition) is 1. The monoisotopic (exact) mass is 165 g/mol. The van der Waals surface area contributed by atoms with Crippen LogP contribution in [0.5, 0.6) is 0 Å². The maximum atomic E-state index is 12.9. The van der Waals surface area contributed by atoms with Gasteiger partial charge in [0.25, 0.3) is 5.92 Å². The number of aliphatic hydroxyl groups is 1. The molecule has 1 aliphatic heterocycles. The Hall–Kier alpha value is -0.220. The second-order valence-corrected chi connectivity index (χ2v) is 3.31. The summed E-state index contributed by atoms with van der Waals surface area (Å²) in [5.41, 5.74) is 0. The van der Waals surface area contributed by atoms with Gasteiger partial charge < -0.3 is 5.11 Å². The molecule has 4 heteroatoms. The second-order valence-electron chi connectivity index (χ2n) is 3.31. The SMILES string of the molecule is C[C@H]1[C@@H](O)CN(C)CC1(F)F. The molecule has 2 nitrogen and oxygen atoms in total. The molecule has 2 atom stereocenters. The minimum atomic E-state index is -2.74. The molecule has 1 rings (SSSR count). The van der Waals surface area contributed by atoms with E-state index in [-0.39, 0.29) is 6.54 Å². The number of β-amino-alcohol motifs (C(OH)–C–C–N with tert-alkyl or cyclic N) is 1. The van der Waals surface area contributed by atoms with Gasteiger partial charge in [0.05, 0.1) is 12.6 Å². The maximum absolute atomic E-state index is 12.9. The lowest BCUT2D eigenvalue weighted by Gasteiger charge is -2.38. The number of aliphatic hydroxyl groups excluding tert-OH is 1. The first kappa shape index (κ1) is 8.87. The van der Waals surface area contributed by atoms with Crippen molar-refractivity contribution in [2.24, 2.45) is 5.92 Å². The smallest absolute Gasteiger partial charge is 0.265 e. The van der Waals surface area contributed by atoms with Crippen molar-refractivity contribution in [3.8, 4) is 0 Å². The summed E-state index contributed by atoms with van der Waals surface area (Å²) in [6, 6.07) is 0. The van der Waals surface area contributed by atoms with Gasteiger partial charge in [-0.2, -0.15) is 0 Å². The van der Waals surface area contributed by atoms with Crippen LogP contribution in [-0.2, 0) is 0 Å². The van der Waals surface area contributed by atoms with Crippen molar-refractivity contribution >= 4 is 0 Å². The number of hydrogen-bond acceptors (Lipinski definition) is 2. The molecule has 0 aromatic heterocycles. The fourth-order valence-corrected chi connectivity index (χ4v) is 1.33. The van der Waals surface area contributed by atoms with Gasteiger partial charge >= 0.3 is 0 Å². The van der Waals surface area contributed by atoms with Gasteiger partial charge in [0.1, 0.15) is 0 Å². The van der Waals surface area contributed by atoms with Crippen LogP contribution in [0.25, 0.3) is 0 Å². The van der Waals surface area contributed by atoms with Gasteiger partial charge in [-0.25, -0.2) is 8.78 Å². The first-order chi connectivity index (χ1) is 4.93. The Morgan fingerprint density at radius 1 is 1.55 bits per heavy atom. The van der Waals surface area contributed by atoms with Crippen molar-refractivity contribution in [1.82, 2.24) is 4.90 Å². The average molecular weight is 165 g/mol. The zero-order valence-electron chi connectivity index (χ0n) is 6.72. The lowest BCUT2D eigenvalue weighted by atomic mass is 9.92. The Labute approximate surface area is 64.8 Å². The number of rotatable bonds is 0. The zero-order valence-corrected chi connectivity index (χ0v) is 6.72. The van der Waals surface area contributed by atoms with Gasteiger partial charge in [0.15, 0.2) is 0 Å². The standard InChI is InChI=1S/C7H13F2NO/c1-5-6(11)3-10(2)4-7(5,8)9/h5-6,11H,3-4H2,1-2H3/t5-,6-/m0/s1. The van der Waals surface area contributed by atoms with Crippen LogP contribution in [0.4, 0.5) is 8.78 Å². The molecule has 0 unspecified atom stereocenters. The van der Waals surface area contributed by atoms with Crippen LogP contribution in [0.15, 0.2) is 0 Å². The van der Waals surface area contributed by atoms with Crippen LogP contribution in [0.1, 0.15) is 6.92 Å². The van der Waals surface area contributed by atoms with Crippen molar-refractivity contribution in [2.75, 3.05) is 20.1 Å². The summed E-state index contributed by atoms with van der Waals surface area (Å²) >= 11 is 0. The van der Waals surface area contributed by atoms with E-state index in [4.69, 9.17) is 5.11 Å². The highest BCUT2D eigenvalue weighted by Gasteiger charge is 2.45. The van der Waals surface area contributed by atoms with Crippen molar-refractivity contribution in [2.45, 2.75) is 19.0 Å². The summed E-state index contributed by atoms with van der Waals surface area (Å²) in [7, 11) is 1.59. The predicted octanol–water partition coefficient (Wildman–Crippen LogP) is 0.564. The molecule has 66 valence electrons. The molecule has 0 radical (unpaired) electrons. The molecule has 0 aromatic rings. The summed E-state index contributed by atoms with van der Waals surface area (Å²) in [6.45, 7) is 1.49. The Morgan fingerprint density at radius 3 is 2.55 bits per heavy atom. The Morgan fingerprint density at radius 2 is 2.09 bits per heavy atom. The first-order valence-corrected chi connectivity index (χ1v) is 3.68. The maximum Gasteiger partial charge on any atom is 0.265 e. The minimum Gasteiger partial charge on any atom is -0.391 e. The third kappa shape index (κ3) is 1.68. The molecule has 0 saturated carbocycles. The fraction of sp³-hybridized carbons (Fsp3) is 1.00. The van der Waals surface area contributed by atoms with Crippen LogP contribution in [0, 0.1) is 5.92 Å². The molecule has 1 heterocycles. The molecule has 0 aromatic carbocycles. The van der Waals surface area contributed by atoms with Gasteiger partial charge in [-0.05, 0) is 7.05 Å². The van der Waals surface area contributed by atoms with Crippen LogP contribution < -0.4 is 0 Å². The summed E-state index contributed by atoms with van der Waals surface area (Å²) in [4.78, 5) is 1.45. The molecule has 0 spiro atoms. The van der Waals surface area contributed by atoms with Crippen LogP contribution in [0.2, 0.25) is 0 Å². The van der Waals surface area contributed by atoms with E-state index in [0.717, 1.165) is 0 Å². The molecule has 1 fully saturated rings. The van der Waals surface area contributed by atoms with E-state index in [2.05, 4.69) is 0 Å². The normalized spacial score (nSPS) is 39.0. The number of likely N-dealkylation sites (N-methyl/N-ethyl adjacent to an activating group) is 1. The molecule has 1 saturated heterocycles. The summed E-state index contributed by atoms with van der Waals surface area (Å²) in [6.07, 6.45) is -0.899. The molecular weight excluding hydrogens is 152 g/mol. The number of likely N-dealkylation sites (tertiary alicyclic amines) is 1. The van der Waals surface area contributed by atoms with Crippen LogP contribution >= 0.6 is 0 Å². The highest BCUT2D eigenvalue weighted by Crippen LogP contribution is 2.31. The zero-order chi connectivity index (χ0) is 8.65. The summed E-state index contributed by atoms with van der Waals surface area (Å²) in [5, 5.41) is 9.16. The van der Waals surface area contributed by atoms with Gasteiger partial charge in [-0.1, -0.05) is 6.92 Å². The van der Waals surface area contributed by atoms with Crippen molar-refractivity contribution in [3.63, 3.8) is 0 Å². The second kappa shape index (κ2) is 2.68. The third-order valence-electron chi connectivity index (χ3n) is 2.22. The number of nitrogens with zero attached hydrogens (tertiary/aromatic N) is 1. The number of halogens is 2. The Kier molecular flexibility index (Phi) is 2.16. The topological polar surface area (TPSA) is 23.5 Å². The number of alkyl halides is 2. The van der Waals surface area contributed by atoms with Crippen LogP contribution in [0.3, 0.4) is 0 Å². The van der Waals surface area contributed by atoms with E-state index in [1.165, 1.54) is 11.8 Å². The van der Waals surface area contributed by atoms with Crippen molar-refractivity contribution in [3.05, 3.63) is 0 Å². The van der Waals surface area contributed by atoms with Crippen molar-refractivity contribution in [1.29, 1.82) is 0 Å². The van der Waals surface area contributed by atoms with Crippen LogP contribution in [-0.4, -0.2) is 42.2 Å². The average Bonchev–Trinajstić information content (AvgIpc) is 1.81. The quantitative estimate of drug-likeness (QED) is 0.567. The van der Waals surface area contributed by atoms with E-state index >= 15 is 0 Å². The molecule has 1 N–H and O–H groups in total. The summed E-state index contributed by atoms with van der Waals surface area (Å²) in [5.74, 6) is -3.66. The Balaban J connectivity index is 2.67. The van der Waals surface area contributed by atoms with E-state index in [9.17, 15) is 8.78 Å². The summed E-state index contributed by atoms with van der Waals surface area (Å²) < 4.78 is 25.8. The van der Waals surface area contributed by atoms with E-state index in [0.29, 0.717) is 6.54 Å². The van der Waals surface area contributed by atoms with Gasteiger partial charge in [0.2, 0.25) is 0 Å². The molecular formula is C7H13F2NO. The molecule has 1 aliphatic rings. The molecule has 0 bridgehead atoms. The molecule has 0 aliphatic carbocycles. The first-order valence-electron chi connectivity index (χ1n) is 3.68. The van der Waals surface area contributed by atoms with Gasteiger partial charge in [-0.15, -0.1) is 0 Å². The lowest BCUT2D eigenvalue weighted by molar-refractivity contribution is -0.146. The van der Waals surface area contributed by atoms with E-state index in [1.54, 1.807) is 7.05 Å². The number of piperidine rings is 1. The van der Waals surface area contributed by atoms with Crippen molar-refractivity contribution < 1.29 is 13.9 Å². The largest absolute Gasteiger partial charge is 0.391 e. The molecule has 11 heavy (non-hydrogen) atoms. The highest BCUT2D eigenvalue weighted by atomic mass is 19.3. The van der Waals surface area contributed by atoms with Gasteiger partial charge in [0, 0.05) is 12.5 Å². The molecule has 0 amide bonds. The Bertz CT molecular complexity index is 151. The lowest BCUT2D eigenvalue weighted by Crippen LogP contribution is -2.53. The van der Waals surface area contributed by atoms with E-state index < -0.39 is 17.9 Å².